The molecule has 1 nitrogen and oxygen atoms in total. The second-order valence-corrected chi connectivity index (χ2v) is 5.81. The molecule has 1 aromatic heterocycles. The van der Waals surface area contributed by atoms with Crippen LogP contribution in [0, 0.1) is 0 Å². The zero-order chi connectivity index (χ0) is 9.47. The molecule has 0 N–H and O–H groups in total. The summed E-state index contributed by atoms with van der Waals surface area (Å²) in [6, 6.07) is 0. The van der Waals surface area contributed by atoms with E-state index >= 15 is 0 Å². The maximum Gasteiger partial charge on any atom is 0.0981 e. The standard InChI is InChI=1S/C11H17NS/c1-11(2,3)10-12-9(7-13-10)8-5-4-6-8/h7-8H,4-6H2,1-3H3. The van der Waals surface area contributed by atoms with Gasteiger partial charge in [-0.1, -0.05) is 27.2 Å². The van der Waals surface area contributed by atoms with Crippen molar-refractivity contribution in [1.29, 1.82) is 0 Å². The molecule has 0 saturated heterocycles. The molecule has 1 saturated carbocycles. The summed E-state index contributed by atoms with van der Waals surface area (Å²) < 4.78 is 0. The highest BCUT2D eigenvalue weighted by Gasteiger charge is 2.24. The Bertz CT molecular complexity index is 291. The highest BCUT2D eigenvalue weighted by atomic mass is 32.1. The molecule has 0 unspecified atom stereocenters. The first kappa shape index (κ1) is 9.20. The number of hydrogen-bond acceptors (Lipinski definition) is 2. The third kappa shape index (κ3) is 1.78. The van der Waals surface area contributed by atoms with Gasteiger partial charge in [-0.2, -0.15) is 0 Å². The average Bonchev–Trinajstić information content (AvgIpc) is 2.29. The summed E-state index contributed by atoms with van der Waals surface area (Å²) in [4.78, 5) is 4.72. The Morgan fingerprint density at radius 3 is 2.46 bits per heavy atom. The minimum absolute atomic E-state index is 0.229. The van der Waals surface area contributed by atoms with Crippen molar-refractivity contribution in [3.05, 3.63) is 16.1 Å². The first-order valence-electron chi connectivity index (χ1n) is 5.03. The Morgan fingerprint density at radius 1 is 1.38 bits per heavy atom. The van der Waals surface area contributed by atoms with Crippen LogP contribution >= 0.6 is 11.3 Å². The van der Waals surface area contributed by atoms with Crippen LogP contribution in [0.3, 0.4) is 0 Å². The Morgan fingerprint density at radius 2 is 2.08 bits per heavy atom. The Labute approximate surface area is 84.2 Å². The number of hydrogen-bond donors (Lipinski definition) is 0. The summed E-state index contributed by atoms with van der Waals surface area (Å²) in [5, 5.41) is 3.54. The summed E-state index contributed by atoms with van der Waals surface area (Å²) in [6.45, 7) is 6.70. The lowest BCUT2D eigenvalue weighted by Crippen LogP contribution is -2.13. The molecule has 2 rings (SSSR count). The summed E-state index contributed by atoms with van der Waals surface area (Å²) in [5.74, 6) is 0.785. The number of rotatable bonds is 1. The summed E-state index contributed by atoms with van der Waals surface area (Å²) in [5.41, 5.74) is 1.58. The van der Waals surface area contributed by atoms with Crippen LogP contribution in [-0.4, -0.2) is 4.98 Å². The van der Waals surface area contributed by atoms with E-state index in [4.69, 9.17) is 4.98 Å². The second-order valence-electron chi connectivity index (χ2n) is 4.96. The van der Waals surface area contributed by atoms with Gasteiger partial charge in [0.2, 0.25) is 0 Å². The quantitative estimate of drug-likeness (QED) is 0.665. The van der Waals surface area contributed by atoms with Crippen molar-refractivity contribution in [2.24, 2.45) is 0 Å². The van der Waals surface area contributed by atoms with E-state index in [2.05, 4.69) is 26.2 Å². The van der Waals surface area contributed by atoms with Crippen molar-refractivity contribution in [3.63, 3.8) is 0 Å². The fraction of sp³-hybridized carbons (Fsp3) is 0.727. The highest BCUT2D eigenvalue weighted by molar-refractivity contribution is 7.09. The third-order valence-electron chi connectivity index (χ3n) is 2.69. The molecule has 1 aliphatic rings. The molecule has 0 bridgehead atoms. The molecule has 2 heteroatoms. The Kier molecular flexibility index (Phi) is 2.18. The molecule has 72 valence electrons. The van der Waals surface area contributed by atoms with Gasteiger partial charge in [-0.25, -0.2) is 4.98 Å². The fourth-order valence-electron chi connectivity index (χ4n) is 1.52. The van der Waals surface area contributed by atoms with Crippen molar-refractivity contribution in [2.75, 3.05) is 0 Å². The predicted octanol–water partition coefficient (Wildman–Crippen LogP) is 3.71. The lowest BCUT2D eigenvalue weighted by Gasteiger charge is -2.23. The molecular formula is C11H17NS. The minimum Gasteiger partial charge on any atom is -0.245 e. The van der Waals surface area contributed by atoms with Crippen LogP contribution in [0.4, 0.5) is 0 Å². The number of thiazole rings is 1. The van der Waals surface area contributed by atoms with Gasteiger partial charge in [0.05, 0.1) is 10.7 Å². The molecule has 1 heterocycles. The topological polar surface area (TPSA) is 12.9 Å². The van der Waals surface area contributed by atoms with Crippen LogP contribution < -0.4 is 0 Å². The minimum atomic E-state index is 0.229. The van der Waals surface area contributed by atoms with Crippen LogP contribution in [0.2, 0.25) is 0 Å². The van der Waals surface area contributed by atoms with Crippen molar-refractivity contribution < 1.29 is 0 Å². The van der Waals surface area contributed by atoms with E-state index in [0.717, 1.165) is 5.92 Å². The summed E-state index contributed by atoms with van der Waals surface area (Å²) >= 11 is 1.82. The van der Waals surface area contributed by atoms with Crippen molar-refractivity contribution in [1.82, 2.24) is 4.98 Å². The molecule has 1 fully saturated rings. The maximum atomic E-state index is 4.72. The summed E-state index contributed by atoms with van der Waals surface area (Å²) in [6.07, 6.45) is 4.10. The Balaban J connectivity index is 2.17. The van der Waals surface area contributed by atoms with Crippen molar-refractivity contribution >= 4 is 11.3 Å². The van der Waals surface area contributed by atoms with Crippen LogP contribution in [0.5, 0.6) is 0 Å². The molecular weight excluding hydrogens is 178 g/mol. The number of nitrogens with zero attached hydrogens (tertiary/aromatic N) is 1. The van der Waals surface area contributed by atoms with E-state index in [1.54, 1.807) is 0 Å². The van der Waals surface area contributed by atoms with E-state index in [-0.39, 0.29) is 5.41 Å². The van der Waals surface area contributed by atoms with Crippen LogP contribution in [0.15, 0.2) is 5.38 Å². The maximum absolute atomic E-state index is 4.72. The van der Waals surface area contributed by atoms with Crippen LogP contribution in [0.1, 0.15) is 56.7 Å². The molecule has 0 radical (unpaired) electrons. The normalized spacial score (nSPS) is 18.7. The van der Waals surface area contributed by atoms with Crippen molar-refractivity contribution in [2.45, 2.75) is 51.4 Å². The molecule has 1 aliphatic carbocycles. The van der Waals surface area contributed by atoms with E-state index in [1.807, 2.05) is 11.3 Å². The first-order chi connectivity index (χ1) is 6.07. The molecule has 0 aliphatic heterocycles. The fourth-order valence-corrected chi connectivity index (χ4v) is 2.51. The molecule has 0 amide bonds. The smallest absolute Gasteiger partial charge is 0.0981 e. The SMILES string of the molecule is CC(C)(C)c1nc(C2CCC2)cs1. The van der Waals surface area contributed by atoms with Gasteiger partial charge in [-0.3, -0.25) is 0 Å². The number of aromatic nitrogens is 1. The van der Waals surface area contributed by atoms with Gasteiger partial charge in [0.15, 0.2) is 0 Å². The van der Waals surface area contributed by atoms with Gasteiger partial charge < -0.3 is 0 Å². The van der Waals surface area contributed by atoms with Gasteiger partial charge in [0, 0.05) is 16.7 Å². The van der Waals surface area contributed by atoms with Crippen molar-refractivity contribution in [3.8, 4) is 0 Å². The van der Waals surface area contributed by atoms with Gasteiger partial charge in [0.25, 0.3) is 0 Å². The zero-order valence-electron chi connectivity index (χ0n) is 8.63. The van der Waals surface area contributed by atoms with Gasteiger partial charge >= 0.3 is 0 Å². The molecule has 0 spiro atoms. The predicted molar refractivity (Wildman–Crippen MR) is 57.4 cm³/mol. The van der Waals surface area contributed by atoms with Gasteiger partial charge in [-0.15, -0.1) is 11.3 Å². The van der Waals surface area contributed by atoms with Crippen LogP contribution in [0.25, 0.3) is 0 Å². The van der Waals surface area contributed by atoms with E-state index in [0.29, 0.717) is 0 Å². The first-order valence-corrected chi connectivity index (χ1v) is 5.91. The largest absolute Gasteiger partial charge is 0.245 e. The average molecular weight is 195 g/mol. The lowest BCUT2D eigenvalue weighted by atomic mass is 9.83. The summed E-state index contributed by atoms with van der Waals surface area (Å²) in [7, 11) is 0. The third-order valence-corrected chi connectivity index (χ3v) is 3.97. The lowest BCUT2D eigenvalue weighted by molar-refractivity contribution is 0.410. The van der Waals surface area contributed by atoms with E-state index in [9.17, 15) is 0 Å². The molecule has 0 aromatic carbocycles. The van der Waals surface area contributed by atoms with Crippen LogP contribution in [-0.2, 0) is 5.41 Å². The monoisotopic (exact) mass is 195 g/mol. The van der Waals surface area contributed by atoms with Gasteiger partial charge in [-0.05, 0) is 12.8 Å². The zero-order valence-corrected chi connectivity index (χ0v) is 9.45. The van der Waals surface area contributed by atoms with E-state index < -0.39 is 0 Å². The molecule has 1 aromatic rings. The Hall–Kier alpha value is -0.370. The molecule has 0 atom stereocenters. The molecule has 13 heavy (non-hydrogen) atoms. The van der Waals surface area contributed by atoms with E-state index in [1.165, 1.54) is 30.0 Å². The van der Waals surface area contributed by atoms with Gasteiger partial charge in [0.1, 0.15) is 0 Å². The second kappa shape index (κ2) is 3.09. The highest BCUT2D eigenvalue weighted by Crippen LogP contribution is 2.38.